The molecule has 0 aliphatic heterocycles. The number of nitrogens with two attached hydrogens (primary N) is 1. The van der Waals surface area contributed by atoms with E-state index in [1.165, 1.54) is 0 Å². The zero-order valence-electron chi connectivity index (χ0n) is 8.78. The lowest BCUT2D eigenvalue weighted by molar-refractivity contribution is 0.976. The minimum Gasteiger partial charge on any atom is -0.382 e. The summed E-state index contributed by atoms with van der Waals surface area (Å²) in [7, 11) is 0. The molecule has 78 valence electrons. The molecule has 2 rings (SSSR count). The summed E-state index contributed by atoms with van der Waals surface area (Å²) in [5.41, 5.74) is 9.62. The number of aromatic amines is 1. The third-order valence-corrected chi connectivity index (χ3v) is 2.43. The molecule has 0 atom stereocenters. The second-order valence-corrected chi connectivity index (χ2v) is 3.35. The van der Waals surface area contributed by atoms with E-state index in [2.05, 4.69) is 27.3 Å². The second-order valence-electron chi connectivity index (χ2n) is 3.35. The third-order valence-electron chi connectivity index (χ3n) is 2.43. The number of hydrogen-bond donors (Lipinski definition) is 2. The summed E-state index contributed by atoms with van der Waals surface area (Å²) in [4.78, 5) is 0. The molecule has 0 radical (unpaired) electrons. The largest absolute Gasteiger partial charge is 0.382 e. The molecular weight excluding hydrogens is 190 g/mol. The van der Waals surface area contributed by atoms with Crippen LogP contribution in [-0.2, 0) is 6.42 Å². The Morgan fingerprint density at radius 2 is 2.27 bits per heavy atom. The van der Waals surface area contributed by atoms with Gasteiger partial charge in [0.05, 0.1) is 17.6 Å². The van der Waals surface area contributed by atoms with E-state index >= 15 is 0 Å². The Balaban J connectivity index is 2.59. The number of anilines is 1. The van der Waals surface area contributed by atoms with Gasteiger partial charge in [-0.2, -0.15) is 15.3 Å². The summed E-state index contributed by atoms with van der Waals surface area (Å²) < 4.78 is 0. The minimum absolute atomic E-state index is 0.559. The average molecular weight is 203 g/mol. The van der Waals surface area contributed by atoms with Crippen LogP contribution in [0.2, 0.25) is 0 Å². The number of H-pyrrole nitrogens is 1. The van der Waals surface area contributed by atoms with Gasteiger partial charge in [0.1, 0.15) is 5.82 Å². The summed E-state index contributed by atoms with van der Waals surface area (Å²) in [5.74, 6) is 0.559. The molecule has 0 unspecified atom stereocenters. The number of nitrogen functional groups attached to an aromatic ring is 1. The van der Waals surface area contributed by atoms with E-state index in [9.17, 15) is 0 Å². The molecule has 15 heavy (non-hydrogen) atoms. The first-order chi connectivity index (χ1) is 7.24. The zero-order valence-corrected chi connectivity index (χ0v) is 8.78. The summed E-state index contributed by atoms with van der Waals surface area (Å²) in [6.45, 7) is 3.97. The van der Waals surface area contributed by atoms with Crippen LogP contribution >= 0.6 is 0 Å². The fourth-order valence-corrected chi connectivity index (χ4v) is 1.63. The van der Waals surface area contributed by atoms with Crippen molar-refractivity contribution in [2.24, 2.45) is 0 Å². The van der Waals surface area contributed by atoms with Gasteiger partial charge >= 0.3 is 0 Å². The molecule has 2 aromatic rings. The molecule has 0 aliphatic carbocycles. The van der Waals surface area contributed by atoms with Gasteiger partial charge < -0.3 is 5.73 Å². The van der Waals surface area contributed by atoms with Crippen LogP contribution in [0.3, 0.4) is 0 Å². The topological polar surface area (TPSA) is 80.5 Å². The molecule has 0 spiro atoms. The summed E-state index contributed by atoms with van der Waals surface area (Å²) in [6.07, 6.45) is 2.51. The molecule has 0 saturated heterocycles. The van der Waals surface area contributed by atoms with Crippen LogP contribution in [0.4, 0.5) is 5.82 Å². The summed E-state index contributed by atoms with van der Waals surface area (Å²) >= 11 is 0. The van der Waals surface area contributed by atoms with Gasteiger partial charge in [-0.25, -0.2) is 0 Å². The standard InChI is InChI=1S/C10H13N5/c1-3-7-9(14-15-10(7)11)8-4-5-12-13-6(8)2/h4-5H,3H2,1-2H3,(H3,11,14,15). The molecule has 3 N–H and O–H groups in total. The normalized spacial score (nSPS) is 10.5. The number of rotatable bonds is 2. The number of aryl methyl sites for hydroxylation is 1. The molecule has 5 heteroatoms. The van der Waals surface area contributed by atoms with Gasteiger partial charge in [0.2, 0.25) is 0 Å². The second kappa shape index (κ2) is 3.68. The first-order valence-electron chi connectivity index (χ1n) is 4.85. The molecule has 0 amide bonds. The molecule has 0 fully saturated rings. The number of hydrogen-bond acceptors (Lipinski definition) is 4. The minimum atomic E-state index is 0.559. The number of nitrogens with zero attached hydrogens (tertiary/aromatic N) is 3. The number of nitrogens with one attached hydrogen (secondary N) is 1. The molecule has 0 aliphatic rings. The van der Waals surface area contributed by atoms with Gasteiger partial charge in [0.25, 0.3) is 0 Å². The van der Waals surface area contributed by atoms with E-state index in [1.807, 2.05) is 13.0 Å². The summed E-state index contributed by atoms with van der Waals surface area (Å²) in [5, 5.41) is 14.8. The Bertz CT molecular complexity index is 474. The van der Waals surface area contributed by atoms with E-state index < -0.39 is 0 Å². The van der Waals surface area contributed by atoms with Gasteiger partial charge in [-0.15, -0.1) is 0 Å². The van der Waals surface area contributed by atoms with Crippen molar-refractivity contribution in [1.82, 2.24) is 20.4 Å². The third kappa shape index (κ3) is 1.56. The Morgan fingerprint density at radius 3 is 2.93 bits per heavy atom. The highest BCUT2D eigenvalue weighted by atomic mass is 15.2. The van der Waals surface area contributed by atoms with E-state index in [1.54, 1.807) is 6.20 Å². The summed E-state index contributed by atoms with van der Waals surface area (Å²) in [6, 6.07) is 1.91. The van der Waals surface area contributed by atoms with Gasteiger partial charge in [0.15, 0.2) is 0 Å². The van der Waals surface area contributed by atoms with Crippen molar-refractivity contribution in [3.63, 3.8) is 0 Å². The Hall–Kier alpha value is -1.91. The van der Waals surface area contributed by atoms with Crippen molar-refractivity contribution in [3.05, 3.63) is 23.5 Å². The first-order valence-corrected chi connectivity index (χ1v) is 4.85. The van der Waals surface area contributed by atoms with Gasteiger partial charge in [-0.1, -0.05) is 6.92 Å². The van der Waals surface area contributed by atoms with Crippen molar-refractivity contribution in [2.45, 2.75) is 20.3 Å². The van der Waals surface area contributed by atoms with Crippen molar-refractivity contribution >= 4 is 5.82 Å². The maximum atomic E-state index is 5.76. The fraction of sp³-hybridized carbons (Fsp3) is 0.300. The van der Waals surface area contributed by atoms with E-state index in [4.69, 9.17) is 5.73 Å². The van der Waals surface area contributed by atoms with Crippen molar-refractivity contribution < 1.29 is 0 Å². The van der Waals surface area contributed by atoms with Gasteiger partial charge in [-0.3, -0.25) is 5.10 Å². The molecule has 2 aromatic heterocycles. The van der Waals surface area contributed by atoms with Crippen LogP contribution < -0.4 is 5.73 Å². The molecule has 2 heterocycles. The van der Waals surface area contributed by atoms with E-state index in [0.717, 1.165) is 28.9 Å². The van der Waals surface area contributed by atoms with Crippen LogP contribution in [0, 0.1) is 6.92 Å². The van der Waals surface area contributed by atoms with Gasteiger partial charge in [-0.05, 0) is 19.4 Å². The maximum Gasteiger partial charge on any atom is 0.149 e. The Kier molecular flexibility index (Phi) is 2.37. The van der Waals surface area contributed by atoms with Crippen LogP contribution in [-0.4, -0.2) is 20.4 Å². The zero-order chi connectivity index (χ0) is 10.8. The smallest absolute Gasteiger partial charge is 0.149 e. The Morgan fingerprint density at radius 1 is 1.47 bits per heavy atom. The molecule has 5 nitrogen and oxygen atoms in total. The van der Waals surface area contributed by atoms with Crippen molar-refractivity contribution in [1.29, 1.82) is 0 Å². The van der Waals surface area contributed by atoms with E-state index in [-0.39, 0.29) is 0 Å². The lowest BCUT2D eigenvalue weighted by Crippen LogP contribution is -1.94. The monoisotopic (exact) mass is 203 g/mol. The highest BCUT2D eigenvalue weighted by Crippen LogP contribution is 2.26. The van der Waals surface area contributed by atoms with Gasteiger partial charge in [0, 0.05) is 11.1 Å². The molecule has 0 aromatic carbocycles. The van der Waals surface area contributed by atoms with Crippen molar-refractivity contribution in [2.75, 3.05) is 5.73 Å². The lowest BCUT2D eigenvalue weighted by Gasteiger charge is -2.03. The predicted octanol–water partition coefficient (Wildman–Crippen LogP) is 1.32. The molecular formula is C10H13N5. The van der Waals surface area contributed by atoms with Crippen molar-refractivity contribution in [3.8, 4) is 11.3 Å². The van der Waals surface area contributed by atoms with E-state index in [0.29, 0.717) is 5.82 Å². The molecule has 0 bridgehead atoms. The Labute approximate surface area is 87.7 Å². The average Bonchev–Trinajstić information content (AvgIpc) is 2.60. The highest BCUT2D eigenvalue weighted by molar-refractivity contribution is 5.69. The van der Waals surface area contributed by atoms with Crippen LogP contribution in [0.1, 0.15) is 18.2 Å². The SMILES string of the molecule is CCc1c(N)n[nH]c1-c1ccnnc1C. The predicted molar refractivity (Wildman–Crippen MR) is 58.1 cm³/mol. The fourth-order valence-electron chi connectivity index (χ4n) is 1.63. The van der Waals surface area contributed by atoms with Crippen LogP contribution in [0.25, 0.3) is 11.3 Å². The number of aromatic nitrogens is 4. The quantitative estimate of drug-likeness (QED) is 0.771. The first kappa shape index (κ1) is 9.64. The molecule has 0 saturated carbocycles. The van der Waals surface area contributed by atoms with Crippen LogP contribution in [0.15, 0.2) is 12.3 Å². The van der Waals surface area contributed by atoms with Crippen LogP contribution in [0.5, 0.6) is 0 Å². The highest BCUT2D eigenvalue weighted by Gasteiger charge is 2.12. The lowest BCUT2D eigenvalue weighted by atomic mass is 10.1. The maximum absolute atomic E-state index is 5.76.